The van der Waals surface area contributed by atoms with Gasteiger partial charge in [-0.05, 0) is 18.6 Å². The van der Waals surface area contributed by atoms with Crippen molar-refractivity contribution < 1.29 is 22.7 Å². The lowest BCUT2D eigenvalue weighted by Crippen LogP contribution is -2.34. The molecule has 0 bridgehead atoms. The van der Waals surface area contributed by atoms with E-state index in [4.69, 9.17) is 0 Å². The Morgan fingerprint density at radius 3 is 2.52 bits per heavy atom. The fraction of sp³-hybridized carbons (Fsp3) is 0.385. The summed E-state index contributed by atoms with van der Waals surface area (Å²) in [6.07, 6.45) is 0.460. The van der Waals surface area contributed by atoms with Crippen LogP contribution in [0.25, 0.3) is 0 Å². The summed E-state index contributed by atoms with van der Waals surface area (Å²) in [5.41, 5.74) is 0.466. The van der Waals surface area contributed by atoms with Crippen molar-refractivity contribution in [1.29, 1.82) is 0 Å². The highest BCUT2D eigenvalue weighted by Crippen LogP contribution is 2.15. The molecule has 1 amide bonds. The van der Waals surface area contributed by atoms with Gasteiger partial charge in [-0.2, -0.15) is 0 Å². The van der Waals surface area contributed by atoms with Gasteiger partial charge in [0.05, 0.1) is 30.7 Å². The van der Waals surface area contributed by atoms with Crippen LogP contribution in [0, 0.1) is 0 Å². The molecule has 0 saturated heterocycles. The zero-order valence-corrected chi connectivity index (χ0v) is 12.7. The van der Waals surface area contributed by atoms with Gasteiger partial charge in [0.2, 0.25) is 15.9 Å². The third-order valence-electron chi connectivity index (χ3n) is 2.53. The number of anilines is 1. The van der Waals surface area contributed by atoms with Crippen LogP contribution < -0.4 is 10.0 Å². The maximum Gasteiger partial charge on any atom is 0.339 e. The number of sulfonamides is 1. The largest absolute Gasteiger partial charge is 0.465 e. The number of para-hydroxylation sites is 1. The summed E-state index contributed by atoms with van der Waals surface area (Å²) in [5.74, 6) is -1.19. The van der Waals surface area contributed by atoms with Gasteiger partial charge >= 0.3 is 5.97 Å². The van der Waals surface area contributed by atoms with Crippen molar-refractivity contribution in [2.24, 2.45) is 0 Å². The van der Waals surface area contributed by atoms with Gasteiger partial charge in [0.25, 0.3) is 0 Å². The smallest absolute Gasteiger partial charge is 0.339 e. The van der Waals surface area contributed by atoms with Crippen LogP contribution in [-0.4, -0.2) is 39.7 Å². The molecule has 116 valence electrons. The van der Waals surface area contributed by atoms with Crippen molar-refractivity contribution in [3.8, 4) is 0 Å². The topological polar surface area (TPSA) is 102 Å². The van der Waals surface area contributed by atoms with E-state index in [1.165, 1.54) is 19.2 Å². The Morgan fingerprint density at radius 2 is 1.90 bits per heavy atom. The first-order valence-corrected chi connectivity index (χ1v) is 7.99. The summed E-state index contributed by atoms with van der Waals surface area (Å²) in [5, 5.41) is 2.47. The van der Waals surface area contributed by atoms with E-state index < -0.39 is 28.4 Å². The Bertz CT molecular complexity index is 613. The van der Waals surface area contributed by atoms with Crippen molar-refractivity contribution in [3.05, 3.63) is 29.8 Å². The molecule has 0 aliphatic carbocycles. The van der Waals surface area contributed by atoms with Crippen molar-refractivity contribution in [3.63, 3.8) is 0 Å². The van der Waals surface area contributed by atoms with Crippen molar-refractivity contribution in [1.82, 2.24) is 4.72 Å². The van der Waals surface area contributed by atoms with E-state index in [-0.39, 0.29) is 17.0 Å². The lowest BCUT2D eigenvalue weighted by molar-refractivity contribution is -0.115. The third-order valence-corrected chi connectivity index (χ3v) is 4.06. The number of amides is 1. The number of methoxy groups -OCH3 is 1. The number of carbonyl (C=O) groups is 2. The first-order chi connectivity index (χ1) is 9.89. The molecule has 0 fully saturated rings. The first kappa shape index (κ1) is 17.1. The first-order valence-electron chi connectivity index (χ1n) is 6.34. The Balaban J connectivity index is 2.70. The molecule has 0 spiro atoms. The molecule has 2 N–H and O–H groups in total. The molecule has 0 heterocycles. The molecule has 0 aromatic heterocycles. The summed E-state index contributed by atoms with van der Waals surface area (Å²) < 4.78 is 29.7. The van der Waals surface area contributed by atoms with Crippen LogP contribution in [0.5, 0.6) is 0 Å². The highest BCUT2D eigenvalue weighted by molar-refractivity contribution is 7.89. The summed E-state index contributed by atoms with van der Waals surface area (Å²) in [7, 11) is -2.22. The third kappa shape index (κ3) is 5.52. The summed E-state index contributed by atoms with van der Waals surface area (Å²) in [6, 6.07) is 6.31. The molecule has 21 heavy (non-hydrogen) atoms. The van der Waals surface area contributed by atoms with Gasteiger partial charge in [-0.3, -0.25) is 4.79 Å². The standard InChI is InChI=1S/C13H18N2O5S/c1-3-8-21(18,19)14-9-12(16)15-11-7-5-4-6-10(11)13(17)20-2/h4-7,14H,3,8-9H2,1-2H3,(H,15,16). The maximum atomic E-state index is 11.7. The Morgan fingerprint density at radius 1 is 1.24 bits per heavy atom. The van der Waals surface area contributed by atoms with Crippen LogP contribution >= 0.6 is 0 Å². The lowest BCUT2D eigenvalue weighted by Gasteiger charge is -2.10. The van der Waals surface area contributed by atoms with Crippen LogP contribution in [-0.2, 0) is 19.6 Å². The van der Waals surface area contributed by atoms with Crippen molar-refractivity contribution in [2.45, 2.75) is 13.3 Å². The average molecular weight is 314 g/mol. The molecule has 0 saturated carbocycles. The minimum atomic E-state index is -3.45. The lowest BCUT2D eigenvalue weighted by atomic mass is 10.2. The van der Waals surface area contributed by atoms with E-state index in [0.717, 1.165) is 0 Å². The predicted molar refractivity (Wildman–Crippen MR) is 78.5 cm³/mol. The van der Waals surface area contributed by atoms with Crippen LogP contribution in [0.2, 0.25) is 0 Å². The molecule has 0 atom stereocenters. The number of rotatable bonds is 7. The SMILES string of the molecule is CCCS(=O)(=O)NCC(=O)Nc1ccccc1C(=O)OC. The Hall–Kier alpha value is -1.93. The molecule has 7 nitrogen and oxygen atoms in total. The molecular formula is C13H18N2O5S. The Kier molecular flexibility index (Phi) is 6.32. The molecule has 0 aliphatic heterocycles. The van der Waals surface area contributed by atoms with Gasteiger partial charge < -0.3 is 10.1 Å². The molecule has 1 aromatic carbocycles. The van der Waals surface area contributed by atoms with Gasteiger partial charge in [0.1, 0.15) is 0 Å². The molecule has 0 radical (unpaired) electrons. The number of ether oxygens (including phenoxy) is 1. The minimum Gasteiger partial charge on any atom is -0.465 e. The normalized spacial score (nSPS) is 11.0. The van der Waals surface area contributed by atoms with Crippen molar-refractivity contribution in [2.75, 3.05) is 24.7 Å². The number of hydrogen-bond donors (Lipinski definition) is 2. The van der Waals surface area contributed by atoms with E-state index in [2.05, 4.69) is 14.8 Å². The van der Waals surface area contributed by atoms with Crippen molar-refractivity contribution >= 4 is 27.6 Å². The maximum absolute atomic E-state index is 11.7. The van der Waals surface area contributed by atoms with Crippen LogP contribution in [0.1, 0.15) is 23.7 Å². The van der Waals surface area contributed by atoms with Crippen LogP contribution in [0.15, 0.2) is 24.3 Å². The van der Waals surface area contributed by atoms with E-state index in [0.29, 0.717) is 6.42 Å². The van der Waals surface area contributed by atoms with Gasteiger partial charge in [-0.1, -0.05) is 19.1 Å². The highest BCUT2D eigenvalue weighted by atomic mass is 32.2. The molecular weight excluding hydrogens is 296 g/mol. The number of esters is 1. The second kappa shape index (κ2) is 7.75. The summed E-state index contributed by atoms with van der Waals surface area (Å²) in [4.78, 5) is 23.3. The van der Waals surface area contributed by atoms with Crippen LogP contribution in [0.4, 0.5) is 5.69 Å². The predicted octanol–water partition coefficient (Wildman–Crippen LogP) is 0.741. The molecule has 8 heteroatoms. The number of hydrogen-bond acceptors (Lipinski definition) is 5. The molecule has 1 rings (SSSR count). The highest BCUT2D eigenvalue weighted by Gasteiger charge is 2.15. The zero-order chi connectivity index (χ0) is 15.9. The molecule has 0 aliphatic rings. The van der Waals surface area contributed by atoms with E-state index in [1.54, 1.807) is 19.1 Å². The fourth-order valence-electron chi connectivity index (χ4n) is 1.59. The number of carbonyl (C=O) groups excluding carboxylic acids is 2. The van der Waals surface area contributed by atoms with E-state index >= 15 is 0 Å². The summed E-state index contributed by atoms with van der Waals surface area (Å²) >= 11 is 0. The number of nitrogens with one attached hydrogen (secondary N) is 2. The van der Waals surface area contributed by atoms with Gasteiger partial charge in [0.15, 0.2) is 0 Å². The Labute approximate surface area is 123 Å². The number of benzene rings is 1. The average Bonchev–Trinajstić information content (AvgIpc) is 2.45. The molecule has 1 aromatic rings. The minimum absolute atomic E-state index is 0.0426. The van der Waals surface area contributed by atoms with Gasteiger partial charge in [0, 0.05) is 0 Å². The van der Waals surface area contributed by atoms with Gasteiger partial charge in [-0.25, -0.2) is 17.9 Å². The summed E-state index contributed by atoms with van der Waals surface area (Å²) in [6.45, 7) is 1.34. The monoisotopic (exact) mass is 314 g/mol. The quantitative estimate of drug-likeness (QED) is 0.723. The second-order valence-corrected chi connectivity index (χ2v) is 6.15. The zero-order valence-electron chi connectivity index (χ0n) is 11.9. The molecule has 0 unspecified atom stereocenters. The van der Waals surface area contributed by atoms with Crippen LogP contribution in [0.3, 0.4) is 0 Å². The van der Waals surface area contributed by atoms with Gasteiger partial charge in [-0.15, -0.1) is 0 Å². The van der Waals surface area contributed by atoms with E-state index in [9.17, 15) is 18.0 Å². The van der Waals surface area contributed by atoms with E-state index in [1.807, 2.05) is 0 Å². The fourth-order valence-corrected chi connectivity index (χ4v) is 2.62. The second-order valence-electron chi connectivity index (χ2n) is 4.23.